The molecule has 0 amide bonds. The Balaban J connectivity index is 1.96. The molecule has 0 unspecified atom stereocenters. The van der Waals surface area contributed by atoms with Gasteiger partial charge in [0.05, 0.1) is 12.1 Å². The first-order valence-corrected chi connectivity index (χ1v) is 5.95. The maximum Gasteiger partial charge on any atom is 0.322 e. The molecule has 0 atom stereocenters. The quantitative estimate of drug-likeness (QED) is 0.778. The number of ether oxygens (including phenoxy) is 1. The van der Waals surface area contributed by atoms with Gasteiger partial charge in [0.15, 0.2) is 0 Å². The van der Waals surface area contributed by atoms with Gasteiger partial charge in [-0.3, -0.25) is 0 Å². The molecule has 0 saturated carbocycles. The van der Waals surface area contributed by atoms with Crippen molar-refractivity contribution in [1.29, 1.82) is 0 Å². The number of rotatable bonds is 3. The molecule has 0 aliphatic heterocycles. The molecule has 4 heteroatoms. The minimum Gasteiger partial charge on any atom is -0.424 e. The molecule has 0 aliphatic carbocycles. The van der Waals surface area contributed by atoms with E-state index in [1.807, 2.05) is 36.4 Å². The van der Waals surface area contributed by atoms with Gasteiger partial charge in [0.1, 0.15) is 5.75 Å². The summed E-state index contributed by atoms with van der Waals surface area (Å²) in [6, 6.07) is 15.3. The van der Waals surface area contributed by atoms with Crippen LogP contribution in [0.3, 0.4) is 0 Å². The standard InChI is InChI=1S/C15H12N2O2/c18-10-12-6-2-4-8-14(12)19-15-16-9-11-5-1-3-7-13(11)17-15/h1-9,18H,10H2. The first-order chi connectivity index (χ1) is 9.36. The van der Waals surface area contributed by atoms with Crippen LogP contribution in [-0.2, 0) is 6.61 Å². The van der Waals surface area contributed by atoms with Crippen LogP contribution in [0.2, 0.25) is 0 Å². The van der Waals surface area contributed by atoms with E-state index in [0.29, 0.717) is 11.3 Å². The average Bonchev–Trinajstić information content (AvgIpc) is 2.48. The van der Waals surface area contributed by atoms with Crippen LogP contribution in [0.5, 0.6) is 11.8 Å². The number of hydrogen-bond acceptors (Lipinski definition) is 4. The molecule has 0 saturated heterocycles. The van der Waals surface area contributed by atoms with Gasteiger partial charge in [0.2, 0.25) is 0 Å². The number of benzene rings is 2. The summed E-state index contributed by atoms with van der Waals surface area (Å²) in [5, 5.41) is 10.2. The van der Waals surface area contributed by atoms with E-state index >= 15 is 0 Å². The van der Waals surface area contributed by atoms with Crippen LogP contribution in [0.1, 0.15) is 5.56 Å². The summed E-state index contributed by atoms with van der Waals surface area (Å²) < 4.78 is 5.63. The summed E-state index contributed by atoms with van der Waals surface area (Å²) in [5.41, 5.74) is 1.54. The minimum atomic E-state index is -0.0796. The van der Waals surface area contributed by atoms with Crippen molar-refractivity contribution in [1.82, 2.24) is 9.97 Å². The van der Waals surface area contributed by atoms with Crippen LogP contribution in [-0.4, -0.2) is 15.1 Å². The molecule has 0 aliphatic rings. The normalized spacial score (nSPS) is 10.6. The van der Waals surface area contributed by atoms with E-state index in [2.05, 4.69) is 9.97 Å². The van der Waals surface area contributed by atoms with Gasteiger partial charge >= 0.3 is 6.01 Å². The molecule has 0 fully saturated rings. The fourth-order valence-electron chi connectivity index (χ4n) is 1.84. The second-order valence-electron chi connectivity index (χ2n) is 4.08. The number of nitrogens with zero attached hydrogens (tertiary/aromatic N) is 2. The highest BCUT2D eigenvalue weighted by atomic mass is 16.5. The maximum absolute atomic E-state index is 9.25. The van der Waals surface area contributed by atoms with Crippen molar-refractivity contribution in [3.05, 3.63) is 60.3 Å². The fraction of sp³-hybridized carbons (Fsp3) is 0.0667. The lowest BCUT2D eigenvalue weighted by Gasteiger charge is -2.08. The van der Waals surface area contributed by atoms with Crippen LogP contribution in [0.25, 0.3) is 10.9 Å². The highest BCUT2D eigenvalue weighted by molar-refractivity contribution is 5.77. The van der Waals surface area contributed by atoms with Crippen LogP contribution in [0.4, 0.5) is 0 Å². The van der Waals surface area contributed by atoms with Gasteiger partial charge in [-0.2, -0.15) is 4.98 Å². The zero-order valence-corrected chi connectivity index (χ0v) is 10.2. The minimum absolute atomic E-state index is 0.0796. The summed E-state index contributed by atoms with van der Waals surface area (Å²) in [4.78, 5) is 8.49. The Bertz CT molecular complexity index is 713. The van der Waals surface area contributed by atoms with Crippen LogP contribution < -0.4 is 4.74 Å². The second kappa shape index (κ2) is 5.04. The number of fused-ring (bicyclic) bond motifs is 1. The topological polar surface area (TPSA) is 55.2 Å². The number of hydrogen-bond donors (Lipinski definition) is 1. The monoisotopic (exact) mass is 252 g/mol. The predicted molar refractivity (Wildman–Crippen MR) is 72.0 cm³/mol. The SMILES string of the molecule is OCc1ccccc1Oc1ncc2ccccc2n1. The van der Waals surface area contributed by atoms with Gasteiger partial charge in [-0.25, -0.2) is 4.98 Å². The van der Waals surface area contributed by atoms with Crippen molar-refractivity contribution < 1.29 is 9.84 Å². The molecule has 1 N–H and O–H groups in total. The van der Waals surface area contributed by atoms with E-state index in [9.17, 15) is 5.11 Å². The van der Waals surface area contributed by atoms with Crippen molar-refractivity contribution >= 4 is 10.9 Å². The lowest BCUT2D eigenvalue weighted by atomic mass is 10.2. The highest BCUT2D eigenvalue weighted by Crippen LogP contribution is 2.23. The van der Waals surface area contributed by atoms with Crippen LogP contribution >= 0.6 is 0 Å². The molecule has 3 aromatic rings. The fourth-order valence-corrected chi connectivity index (χ4v) is 1.84. The molecular formula is C15H12N2O2. The van der Waals surface area contributed by atoms with Crippen molar-refractivity contribution in [3.8, 4) is 11.8 Å². The first kappa shape index (κ1) is 11.6. The zero-order chi connectivity index (χ0) is 13.1. The molecule has 0 spiro atoms. The molecular weight excluding hydrogens is 240 g/mol. The van der Waals surface area contributed by atoms with Gasteiger partial charge in [0.25, 0.3) is 0 Å². The molecule has 1 aromatic heterocycles. The molecule has 4 nitrogen and oxygen atoms in total. The Morgan fingerprint density at radius 3 is 2.68 bits per heavy atom. The number of aliphatic hydroxyl groups excluding tert-OH is 1. The molecule has 19 heavy (non-hydrogen) atoms. The van der Waals surface area contributed by atoms with E-state index in [0.717, 1.165) is 10.9 Å². The van der Waals surface area contributed by atoms with Gasteiger partial charge in [-0.15, -0.1) is 0 Å². The van der Waals surface area contributed by atoms with E-state index in [4.69, 9.17) is 4.74 Å². The van der Waals surface area contributed by atoms with Crippen molar-refractivity contribution in [2.24, 2.45) is 0 Å². The highest BCUT2D eigenvalue weighted by Gasteiger charge is 2.06. The molecule has 1 heterocycles. The Hall–Kier alpha value is -2.46. The summed E-state index contributed by atoms with van der Waals surface area (Å²) >= 11 is 0. The van der Waals surface area contributed by atoms with Gasteiger partial charge in [-0.05, 0) is 12.1 Å². The molecule has 3 rings (SSSR count). The summed E-state index contributed by atoms with van der Waals surface area (Å²) in [6.45, 7) is -0.0796. The van der Waals surface area contributed by atoms with E-state index < -0.39 is 0 Å². The average molecular weight is 252 g/mol. The Morgan fingerprint density at radius 1 is 1.00 bits per heavy atom. The summed E-state index contributed by atoms with van der Waals surface area (Å²) in [7, 11) is 0. The lowest BCUT2D eigenvalue weighted by molar-refractivity contribution is 0.275. The van der Waals surface area contributed by atoms with Crippen LogP contribution in [0.15, 0.2) is 54.7 Å². The van der Waals surface area contributed by atoms with Gasteiger partial charge in [-0.1, -0.05) is 36.4 Å². The smallest absolute Gasteiger partial charge is 0.322 e. The lowest BCUT2D eigenvalue weighted by Crippen LogP contribution is -1.95. The van der Waals surface area contributed by atoms with Crippen molar-refractivity contribution in [3.63, 3.8) is 0 Å². The molecule has 0 radical (unpaired) electrons. The molecule has 0 bridgehead atoms. The Kier molecular flexibility index (Phi) is 3.08. The van der Waals surface area contributed by atoms with E-state index in [1.54, 1.807) is 18.3 Å². The predicted octanol–water partition coefficient (Wildman–Crippen LogP) is 2.91. The third-order valence-electron chi connectivity index (χ3n) is 2.81. The number of para-hydroxylation sites is 2. The van der Waals surface area contributed by atoms with Gasteiger partial charge < -0.3 is 9.84 Å². The summed E-state index contributed by atoms with van der Waals surface area (Å²) in [5.74, 6) is 0.570. The third-order valence-corrected chi connectivity index (χ3v) is 2.81. The van der Waals surface area contributed by atoms with Crippen molar-refractivity contribution in [2.45, 2.75) is 6.61 Å². The van der Waals surface area contributed by atoms with E-state index in [-0.39, 0.29) is 12.6 Å². The molecule has 94 valence electrons. The number of aromatic nitrogens is 2. The van der Waals surface area contributed by atoms with Crippen molar-refractivity contribution in [2.75, 3.05) is 0 Å². The molecule has 2 aromatic carbocycles. The van der Waals surface area contributed by atoms with Gasteiger partial charge in [0, 0.05) is 17.1 Å². The summed E-state index contributed by atoms with van der Waals surface area (Å²) in [6.07, 6.45) is 1.72. The number of aliphatic hydroxyl groups is 1. The second-order valence-corrected chi connectivity index (χ2v) is 4.08. The first-order valence-electron chi connectivity index (χ1n) is 5.95. The van der Waals surface area contributed by atoms with Crippen LogP contribution in [0, 0.1) is 0 Å². The zero-order valence-electron chi connectivity index (χ0n) is 10.2. The van der Waals surface area contributed by atoms with E-state index in [1.165, 1.54) is 0 Å². The Labute approximate surface area is 110 Å². The largest absolute Gasteiger partial charge is 0.424 e. The third kappa shape index (κ3) is 2.39. The maximum atomic E-state index is 9.25. The Morgan fingerprint density at radius 2 is 1.79 bits per heavy atom.